The van der Waals surface area contributed by atoms with Gasteiger partial charge in [0.2, 0.25) is 5.76 Å². The summed E-state index contributed by atoms with van der Waals surface area (Å²) < 4.78 is 10.5. The fraction of sp³-hybridized carbons (Fsp3) is 0.227. The Labute approximate surface area is 171 Å². The van der Waals surface area contributed by atoms with Crippen LogP contribution in [0.1, 0.15) is 40.6 Å². The van der Waals surface area contributed by atoms with E-state index in [0.29, 0.717) is 5.02 Å². The van der Waals surface area contributed by atoms with Gasteiger partial charge in [-0.2, -0.15) is 0 Å². The molecule has 0 bridgehead atoms. The van der Waals surface area contributed by atoms with E-state index in [1.165, 1.54) is 17.7 Å². The van der Waals surface area contributed by atoms with Crippen molar-refractivity contribution >= 4 is 34.4 Å². The highest BCUT2D eigenvalue weighted by atomic mass is 35.5. The molecule has 0 saturated heterocycles. The molecule has 6 nitrogen and oxygen atoms in total. The van der Waals surface area contributed by atoms with Crippen molar-refractivity contribution in [2.75, 3.05) is 6.61 Å². The van der Waals surface area contributed by atoms with Crippen LogP contribution in [-0.4, -0.2) is 18.5 Å². The second kappa shape index (κ2) is 8.09. The number of nitrogens with one attached hydrogen (secondary N) is 1. The van der Waals surface area contributed by atoms with Gasteiger partial charge in [-0.05, 0) is 48.6 Å². The first-order chi connectivity index (χ1) is 14.0. The SMILES string of the molecule is O=C(COC(=O)c1cc(=O)c2cc(Cl)ccc2o1)N[C@H]1CCCc2ccccc21. The lowest BCUT2D eigenvalue weighted by molar-refractivity contribution is -0.125. The molecule has 1 amide bonds. The molecule has 0 unspecified atom stereocenters. The molecule has 1 heterocycles. The van der Waals surface area contributed by atoms with Crippen molar-refractivity contribution in [3.63, 3.8) is 0 Å². The topological polar surface area (TPSA) is 85.6 Å². The molecule has 1 aliphatic carbocycles. The van der Waals surface area contributed by atoms with Crippen molar-refractivity contribution in [3.8, 4) is 0 Å². The summed E-state index contributed by atoms with van der Waals surface area (Å²) in [5, 5.41) is 3.56. The van der Waals surface area contributed by atoms with Crippen molar-refractivity contribution in [2.45, 2.75) is 25.3 Å². The molecule has 148 valence electrons. The van der Waals surface area contributed by atoms with Crippen molar-refractivity contribution in [3.05, 3.63) is 80.7 Å². The first-order valence-corrected chi connectivity index (χ1v) is 9.67. The van der Waals surface area contributed by atoms with Crippen LogP contribution in [0.3, 0.4) is 0 Å². The van der Waals surface area contributed by atoms with Crippen molar-refractivity contribution in [2.24, 2.45) is 0 Å². The predicted molar refractivity (Wildman–Crippen MR) is 108 cm³/mol. The summed E-state index contributed by atoms with van der Waals surface area (Å²) in [5.74, 6) is -1.55. The molecular formula is C22H18ClNO5. The number of benzene rings is 2. The average molecular weight is 412 g/mol. The summed E-state index contributed by atoms with van der Waals surface area (Å²) in [5.41, 5.74) is 2.12. The van der Waals surface area contributed by atoms with Crippen LogP contribution >= 0.6 is 11.6 Å². The van der Waals surface area contributed by atoms with Crippen LogP contribution in [0.15, 0.2) is 57.7 Å². The first-order valence-electron chi connectivity index (χ1n) is 9.29. The lowest BCUT2D eigenvalue weighted by Gasteiger charge is -2.26. The van der Waals surface area contributed by atoms with E-state index in [1.54, 1.807) is 6.07 Å². The number of ether oxygens (including phenoxy) is 1. The predicted octanol–water partition coefficient (Wildman–Crippen LogP) is 3.80. The Kier molecular flexibility index (Phi) is 5.36. The molecule has 1 aromatic heterocycles. The van der Waals surface area contributed by atoms with E-state index < -0.39 is 23.9 Å². The van der Waals surface area contributed by atoms with Gasteiger partial charge in [-0.3, -0.25) is 9.59 Å². The number of esters is 1. The van der Waals surface area contributed by atoms with Gasteiger partial charge in [0.15, 0.2) is 12.0 Å². The normalized spacial score (nSPS) is 15.6. The third-order valence-corrected chi connectivity index (χ3v) is 5.16. The molecule has 4 rings (SSSR count). The van der Waals surface area contributed by atoms with Gasteiger partial charge in [0.25, 0.3) is 5.91 Å². The molecule has 2 aromatic carbocycles. The highest BCUT2D eigenvalue weighted by molar-refractivity contribution is 6.31. The molecule has 29 heavy (non-hydrogen) atoms. The molecule has 7 heteroatoms. The van der Waals surface area contributed by atoms with Crippen LogP contribution < -0.4 is 10.7 Å². The molecule has 1 atom stereocenters. The lowest BCUT2D eigenvalue weighted by atomic mass is 9.88. The van der Waals surface area contributed by atoms with Crippen molar-refractivity contribution in [1.29, 1.82) is 0 Å². The number of hydrogen-bond donors (Lipinski definition) is 1. The highest BCUT2D eigenvalue weighted by Crippen LogP contribution is 2.29. The maximum atomic E-state index is 12.3. The molecule has 3 aromatic rings. The van der Waals surface area contributed by atoms with Gasteiger partial charge >= 0.3 is 5.97 Å². The second-order valence-electron chi connectivity index (χ2n) is 6.90. The minimum absolute atomic E-state index is 0.102. The maximum Gasteiger partial charge on any atom is 0.374 e. The monoisotopic (exact) mass is 411 g/mol. The summed E-state index contributed by atoms with van der Waals surface area (Å²) in [6.07, 6.45) is 2.80. The van der Waals surface area contributed by atoms with E-state index >= 15 is 0 Å². The molecule has 1 aliphatic rings. The summed E-state index contributed by atoms with van der Waals surface area (Å²) in [6, 6.07) is 13.4. The Morgan fingerprint density at radius 2 is 2.00 bits per heavy atom. The van der Waals surface area contributed by atoms with Gasteiger partial charge in [0.05, 0.1) is 11.4 Å². The van der Waals surface area contributed by atoms with Gasteiger partial charge in [-0.25, -0.2) is 4.79 Å². The van der Waals surface area contributed by atoms with E-state index in [4.69, 9.17) is 20.8 Å². The van der Waals surface area contributed by atoms with Crippen LogP contribution in [0.25, 0.3) is 11.0 Å². The van der Waals surface area contributed by atoms with Crippen molar-refractivity contribution < 1.29 is 18.7 Å². The van der Waals surface area contributed by atoms with Gasteiger partial charge in [-0.15, -0.1) is 0 Å². The summed E-state index contributed by atoms with van der Waals surface area (Å²) in [7, 11) is 0. The van der Waals surface area contributed by atoms with E-state index in [0.717, 1.165) is 30.9 Å². The fourth-order valence-electron chi connectivity index (χ4n) is 3.57. The molecule has 0 radical (unpaired) electrons. The van der Waals surface area contributed by atoms with Crippen molar-refractivity contribution in [1.82, 2.24) is 5.32 Å². The number of carbonyl (C=O) groups excluding carboxylic acids is 2. The number of aryl methyl sites for hydroxylation is 1. The van der Waals surface area contributed by atoms with Crippen LogP contribution in [0.2, 0.25) is 5.02 Å². The van der Waals surface area contributed by atoms with E-state index in [1.807, 2.05) is 18.2 Å². The molecular weight excluding hydrogens is 394 g/mol. The fourth-order valence-corrected chi connectivity index (χ4v) is 3.74. The number of rotatable bonds is 4. The minimum Gasteiger partial charge on any atom is -0.450 e. The second-order valence-corrected chi connectivity index (χ2v) is 7.34. The summed E-state index contributed by atoms with van der Waals surface area (Å²) in [4.78, 5) is 36.7. The Hall–Kier alpha value is -3.12. The van der Waals surface area contributed by atoms with Gasteiger partial charge < -0.3 is 14.5 Å². The van der Waals surface area contributed by atoms with Gasteiger partial charge in [-0.1, -0.05) is 35.9 Å². The third-order valence-electron chi connectivity index (χ3n) is 4.93. The Balaban J connectivity index is 1.41. The zero-order valence-electron chi connectivity index (χ0n) is 15.4. The number of halogens is 1. The lowest BCUT2D eigenvalue weighted by Crippen LogP contribution is -2.34. The molecule has 0 fully saturated rings. The van der Waals surface area contributed by atoms with E-state index in [-0.39, 0.29) is 22.8 Å². The van der Waals surface area contributed by atoms with Gasteiger partial charge in [0, 0.05) is 11.1 Å². The number of fused-ring (bicyclic) bond motifs is 2. The van der Waals surface area contributed by atoms with Crippen LogP contribution in [-0.2, 0) is 16.0 Å². The minimum atomic E-state index is -0.877. The number of amides is 1. The van der Waals surface area contributed by atoms with Gasteiger partial charge in [0.1, 0.15) is 5.58 Å². The summed E-state index contributed by atoms with van der Waals surface area (Å²) >= 11 is 5.87. The van der Waals surface area contributed by atoms with Crippen LogP contribution in [0.5, 0.6) is 0 Å². The molecule has 1 N–H and O–H groups in total. The van der Waals surface area contributed by atoms with E-state index in [2.05, 4.69) is 11.4 Å². The Bertz CT molecular complexity index is 1150. The molecule has 0 saturated carbocycles. The molecule has 0 aliphatic heterocycles. The zero-order chi connectivity index (χ0) is 20.4. The quantitative estimate of drug-likeness (QED) is 0.660. The summed E-state index contributed by atoms with van der Waals surface area (Å²) in [6.45, 7) is -0.458. The Morgan fingerprint density at radius 1 is 1.17 bits per heavy atom. The van der Waals surface area contributed by atoms with Crippen LogP contribution in [0.4, 0.5) is 0 Å². The Morgan fingerprint density at radius 3 is 2.86 bits per heavy atom. The number of carbonyl (C=O) groups is 2. The first kappa shape index (κ1) is 19.2. The zero-order valence-corrected chi connectivity index (χ0v) is 16.2. The third kappa shape index (κ3) is 4.17. The largest absolute Gasteiger partial charge is 0.450 e. The van der Waals surface area contributed by atoms with Crippen LogP contribution in [0, 0.1) is 0 Å². The molecule has 0 spiro atoms. The van der Waals surface area contributed by atoms with E-state index in [9.17, 15) is 14.4 Å². The highest BCUT2D eigenvalue weighted by Gasteiger charge is 2.22. The average Bonchev–Trinajstić information content (AvgIpc) is 2.72. The maximum absolute atomic E-state index is 12.3. The number of hydrogen-bond acceptors (Lipinski definition) is 5. The smallest absolute Gasteiger partial charge is 0.374 e. The standard InChI is InChI=1S/C22H18ClNO5/c23-14-8-9-19-16(10-14)18(25)11-20(29-19)22(27)28-12-21(26)24-17-7-3-5-13-4-1-2-6-15(13)17/h1-2,4,6,8-11,17H,3,5,7,12H2,(H,24,26)/t17-/m0/s1.